The molecule has 0 aromatic carbocycles. The second-order valence-corrected chi connectivity index (χ2v) is 3.60. The summed E-state index contributed by atoms with van der Waals surface area (Å²) in [6.45, 7) is 5.25. The maximum atomic E-state index is 9.31. The summed E-state index contributed by atoms with van der Waals surface area (Å²) in [5.74, 6) is 0. The van der Waals surface area contributed by atoms with E-state index in [1.807, 2.05) is 0 Å². The van der Waals surface area contributed by atoms with Crippen molar-refractivity contribution in [3.63, 3.8) is 0 Å². The van der Waals surface area contributed by atoms with Gasteiger partial charge in [0.2, 0.25) is 0 Å². The predicted molar refractivity (Wildman–Crippen MR) is 44.5 cm³/mol. The van der Waals surface area contributed by atoms with Gasteiger partial charge in [0, 0.05) is 4.48 Å². The molecule has 3 N–H and O–H groups in total. The van der Waals surface area contributed by atoms with Gasteiger partial charge in [0.25, 0.3) is 0 Å². The highest BCUT2D eigenvalue weighted by Gasteiger charge is 2.39. The van der Waals surface area contributed by atoms with Gasteiger partial charge >= 0.3 is 0 Å². The predicted octanol–water partition coefficient (Wildman–Crippen LogP) is -0.820. The first kappa shape index (κ1) is 10.1. The molecule has 1 unspecified atom stereocenters. The summed E-state index contributed by atoms with van der Waals surface area (Å²) in [4.78, 5) is 0. The maximum Gasteiger partial charge on any atom is 0.117 e. The first-order chi connectivity index (χ1) is 5.54. The van der Waals surface area contributed by atoms with Crippen LogP contribution >= 0.6 is 15.9 Å². The Morgan fingerprint density at radius 3 is 2.50 bits per heavy atom. The summed E-state index contributed by atoms with van der Waals surface area (Å²) in [5.41, 5.74) is 0. The number of aliphatic hydroxyl groups excluding tert-OH is 3. The normalized spacial score (nSPS) is 38.2. The fourth-order valence-electron chi connectivity index (χ4n) is 1.06. The second-order valence-electron chi connectivity index (χ2n) is 2.69. The van der Waals surface area contributed by atoms with Crippen molar-refractivity contribution in [2.24, 2.45) is 0 Å². The number of aliphatic hydroxyl groups is 3. The zero-order chi connectivity index (χ0) is 9.30. The van der Waals surface area contributed by atoms with Gasteiger partial charge < -0.3 is 20.1 Å². The van der Waals surface area contributed by atoms with E-state index in [4.69, 9.17) is 16.4 Å². The Morgan fingerprint density at radius 2 is 2.17 bits per heavy atom. The largest absolute Gasteiger partial charge is 0.388 e. The molecule has 1 rings (SSSR count). The molecule has 0 spiro atoms. The van der Waals surface area contributed by atoms with Crippen molar-refractivity contribution in [3.05, 3.63) is 11.1 Å². The van der Waals surface area contributed by atoms with Crippen LogP contribution in [0.1, 0.15) is 0 Å². The summed E-state index contributed by atoms with van der Waals surface area (Å²) >= 11 is 2.87. The van der Waals surface area contributed by atoms with Crippen LogP contribution in [0, 0.1) is 6.58 Å². The molecule has 0 aromatic rings. The highest BCUT2D eigenvalue weighted by molar-refractivity contribution is 9.11. The minimum atomic E-state index is -1.10. The van der Waals surface area contributed by atoms with Gasteiger partial charge in [-0.05, 0) is 6.58 Å². The highest BCUT2D eigenvalue weighted by atomic mass is 79.9. The summed E-state index contributed by atoms with van der Waals surface area (Å²) in [5, 5.41) is 27.6. The molecule has 1 saturated heterocycles. The third kappa shape index (κ3) is 1.86. The molecular weight excluding hydrogens is 228 g/mol. The smallest absolute Gasteiger partial charge is 0.117 e. The van der Waals surface area contributed by atoms with E-state index in [1.54, 1.807) is 0 Å². The zero-order valence-corrected chi connectivity index (χ0v) is 7.81. The van der Waals surface area contributed by atoms with E-state index >= 15 is 0 Å². The number of rotatable bonds is 2. The van der Waals surface area contributed by atoms with Crippen LogP contribution in [-0.4, -0.2) is 46.3 Å². The summed E-state index contributed by atoms with van der Waals surface area (Å²) < 4.78 is 5.00. The van der Waals surface area contributed by atoms with Gasteiger partial charge in [0.05, 0.1) is 6.61 Å². The molecule has 1 aliphatic heterocycles. The third-order valence-electron chi connectivity index (χ3n) is 1.78. The van der Waals surface area contributed by atoms with Crippen molar-refractivity contribution in [3.8, 4) is 0 Å². The van der Waals surface area contributed by atoms with Crippen molar-refractivity contribution in [1.29, 1.82) is 0 Å². The minimum Gasteiger partial charge on any atom is -0.388 e. The average molecular weight is 238 g/mol. The van der Waals surface area contributed by atoms with Crippen LogP contribution in [0.15, 0.2) is 4.48 Å². The zero-order valence-electron chi connectivity index (χ0n) is 6.22. The summed E-state index contributed by atoms with van der Waals surface area (Å²) in [6, 6.07) is 0. The highest BCUT2D eigenvalue weighted by Crippen LogP contribution is 2.22. The lowest BCUT2D eigenvalue weighted by Crippen LogP contribution is -2.38. The fraction of sp³-hybridized carbons (Fsp3) is 0.714. The number of hydrogen-bond acceptors (Lipinski definition) is 4. The van der Waals surface area contributed by atoms with Gasteiger partial charge in [0.1, 0.15) is 24.4 Å². The van der Waals surface area contributed by atoms with Gasteiger partial charge in [-0.25, -0.2) is 0 Å². The SMILES string of the molecule is [CH]=C(Br)C(O)[C@H]1OC[C@@H](O)[C@@H]1O. The van der Waals surface area contributed by atoms with E-state index in [2.05, 4.69) is 15.9 Å². The molecule has 0 aliphatic carbocycles. The van der Waals surface area contributed by atoms with Crippen molar-refractivity contribution >= 4 is 15.9 Å². The maximum absolute atomic E-state index is 9.31. The first-order valence-corrected chi connectivity index (χ1v) is 4.27. The molecule has 1 fully saturated rings. The Balaban J connectivity index is 2.59. The molecule has 4 nitrogen and oxygen atoms in total. The van der Waals surface area contributed by atoms with Crippen molar-refractivity contribution in [2.75, 3.05) is 6.61 Å². The van der Waals surface area contributed by atoms with Crippen molar-refractivity contribution in [1.82, 2.24) is 0 Å². The van der Waals surface area contributed by atoms with Crippen LogP contribution in [-0.2, 0) is 4.74 Å². The van der Waals surface area contributed by atoms with Gasteiger partial charge in [-0.2, -0.15) is 0 Å². The molecule has 12 heavy (non-hydrogen) atoms. The number of ether oxygens (including phenoxy) is 1. The van der Waals surface area contributed by atoms with Crippen molar-refractivity contribution < 1.29 is 20.1 Å². The standard InChI is InChI=1S/C7H10BrO4/c1-3(8)5(10)7-6(11)4(9)2-12-7/h1,4-7,9-11H,2H2/t4-,5?,6+,7-/m1/s1. The van der Waals surface area contributed by atoms with E-state index in [0.29, 0.717) is 0 Å². The Kier molecular flexibility index (Phi) is 3.25. The minimum absolute atomic E-state index is 0.0170. The van der Waals surface area contributed by atoms with Crippen LogP contribution in [0.3, 0.4) is 0 Å². The lowest BCUT2D eigenvalue weighted by molar-refractivity contribution is -0.0333. The molecule has 0 bridgehead atoms. The topological polar surface area (TPSA) is 69.9 Å². The Bertz CT molecular complexity index is 184. The van der Waals surface area contributed by atoms with Crippen LogP contribution in [0.5, 0.6) is 0 Å². The monoisotopic (exact) mass is 237 g/mol. The molecule has 4 atom stereocenters. The number of halogens is 1. The van der Waals surface area contributed by atoms with E-state index < -0.39 is 24.4 Å². The Labute approximate surface area is 78.6 Å². The van der Waals surface area contributed by atoms with Gasteiger partial charge in [-0.15, -0.1) is 0 Å². The molecular formula is C7H10BrO4. The van der Waals surface area contributed by atoms with Crippen molar-refractivity contribution in [2.45, 2.75) is 24.4 Å². The molecule has 1 radical (unpaired) electrons. The molecule has 69 valence electrons. The molecule has 0 amide bonds. The van der Waals surface area contributed by atoms with Crippen LogP contribution in [0.2, 0.25) is 0 Å². The Morgan fingerprint density at radius 1 is 1.58 bits per heavy atom. The van der Waals surface area contributed by atoms with Crippen LogP contribution in [0.25, 0.3) is 0 Å². The third-order valence-corrected chi connectivity index (χ3v) is 2.25. The lowest BCUT2D eigenvalue weighted by atomic mass is 10.1. The van der Waals surface area contributed by atoms with Crippen LogP contribution in [0.4, 0.5) is 0 Å². The fourth-order valence-corrected chi connectivity index (χ4v) is 1.32. The van der Waals surface area contributed by atoms with Gasteiger partial charge in [0.15, 0.2) is 0 Å². The quantitative estimate of drug-likeness (QED) is 0.587. The van der Waals surface area contributed by atoms with E-state index in [9.17, 15) is 10.2 Å². The Hall–Kier alpha value is 0.0600. The molecule has 1 aliphatic rings. The second kappa shape index (κ2) is 3.85. The van der Waals surface area contributed by atoms with E-state index in [-0.39, 0.29) is 11.1 Å². The van der Waals surface area contributed by atoms with Gasteiger partial charge in [-0.1, -0.05) is 15.9 Å². The molecule has 1 heterocycles. The first-order valence-electron chi connectivity index (χ1n) is 3.47. The summed E-state index contributed by atoms with van der Waals surface area (Å²) in [6.07, 6.45) is -3.98. The lowest BCUT2D eigenvalue weighted by Gasteiger charge is -2.19. The number of hydrogen-bond donors (Lipinski definition) is 3. The summed E-state index contributed by atoms with van der Waals surface area (Å²) in [7, 11) is 0. The van der Waals surface area contributed by atoms with Gasteiger partial charge in [-0.3, -0.25) is 0 Å². The molecule has 0 saturated carbocycles. The average Bonchev–Trinajstić information content (AvgIpc) is 2.32. The van der Waals surface area contributed by atoms with Crippen LogP contribution < -0.4 is 0 Å². The molecule has 5 heteroatoms. The molecule has 0 aromatic heterocycles. The van der Waals surface area contributed by atoms with E-state index in [1.165, 1.54) is 0 Å². The van der Waals surface area contributed by atoms with E-state index in [0.717, 1.165) is 0 Å².